The minimum atomic E-state index is -0.396. The molecule has 0 atom stereocenters. The highest BCUT2D eigenvalue weighted by atomic mass is 35.5. The fourth-order valence-corrected chi connectivity index (χ4v) is 2.39. The first kappa shape index (κ1) is 12.7. The number of halogens is 1. The number of aliphatic hydroxyl groups is 1. The van der Waals surface area contributed by atoms with Gasteiger partial charge < -0.3 is 15.2 Å². The summed E-state index contributed by atoms with van der Waals surface area (Å²) in [6.07, 6.45) is 3.17. The zero-order valence-electron chi connectivity index (χ0n) is 10.3. The van der Waals surface area contributed by atoms with Crippen molar-refractivity contribution < 1.29 is 9.84 Å². The highest BCUT2D eigenvalue weighted by molar-refractivity contribution is 6.30. The molecule has 2 aromatic heterocycles. The fraction of sp³-hybridized carbons (Fsp3) is 0.500. The van der Waals surface area contributed by atoms with Crippen molar-refractivity contribution in [1.29, 1.82) is 0 Å². The molecule has 1 fully saturated rings. The summed E-state index contributed by atoms with van der Waals surface area (Å²) in [6, 6.07) is 3.57. The highest BCUT2D eigenvalue weighted by Gasteiger charge is 2.32. The van der Waals surface area contributed by atoms with Crippen molar-refractivity contribution >= 4 is 23.2 Å². The Bertz CT molecular complexity index is 580. The monoisotopic (exact) mass is 282 g/mol. The van der Waals surface area contributed by atoms with E-state index in [1.807, 2.05) is 0 Å². The number of fused-ring (bicyclic) bond motifs is 1. The van der Waals surface area contributed by atoms with Gasteiger partial charge in [-0.15, -0.1) is 5.10 Å². The number of ether oxygens (including phenoxy) is 1. The van der Waals surface area contributed by atoms with E-state index < -0.39 is 5.54 Å². The first-order valence-corrected chi connectivity index (χ1v) is 6.57. The Morgan fingerprint density at radius 1 is 1.42 bits per heavy atom. The van der Waals surface area contributed by atoms with Crippen LogP contribution in [0.1, 0.15) is 12.8 Å². The molecule has 19 heavy (non-hydrogen) atoms. The van der Waals surface area contributed by atoms with E-state index in [0.717, 1.165) is 12.8 Å². The van der Waals surface area contributed by atoms with Crippen molar-refractivity contribution in [2.45, 2.75) is 18.4 Å². The molecule has 2 N–H and O–H groups in total. The molecule has 0 radical (unpaired) electrons. The molecule has 6 nitrogen and oxygen atoms in total. The Balaban J connectivity index is 1.87. The second-order valence-electron chi connectivity index (χ2n) is 4.76. The first-order chi connectivity index (χ1) is 9.21. The van der Waals surface area contributed by atoms with Crippen molar-refractivity contribution in [2.24, 2.45) is 0 Å². The molecule has 0 aromatic carbocycles. The van der Waals surface area contributed by atoms with Crippen LogP contribution in [0.2, 0.25) is 5.02 Å². The number of hydrogen-bond donors (Lipinski definition) is 2. The van der Waals surface area contributed by atoms with Gasteiger partial charge in [0, 0.05) is 19.4 Å². The summed E-state index contributed by atoms with van der Waals surface area (Å²) in [5.41, 5.74) is 0.319. The fourth-order valence-electron chi connectivity index (χ4n) is 2.23. The third-order valence-electron chi connectivity index (χ3n) is 3.42. The number of nitrogens with zero attached hydrogens (tertiary/aromatic N) is 3. The van der Waals surface area contributed by atoms with Crippen LogP contribution in [0.3, 0.4) is 0 Å². The molecule has 0 unspecified atom stereocenters. The van der Waals surface area contributed by atoms with E-state index in [1.165, 1.54) is 0 Å². The van der Waals surface area contributed by atoms with Gasteiger partial charge in [0.15, 0.2) is 5.65 Å². The summed E-state index contributed by atoms with van der Waals surface area (Å²) in [7, 11) is 0. The van der Waals surface area contributed by atoms with Gasteiger partial charge in [-0.05, 0) is 25.0 Å². The van der Waals surface area contributed by atoms with Crippen LogP contribution in [-0.4, -0.2) is 45.1 Å². The van der Waals surface area contributed by atoms with Gasteiger partial charge in [-0.25, -0.2) is 4.52 Å². The van der Waals surface area contributed by atoms with Crippen LogP contribution in [0.5, 0.6) is 0 Å². The van der Waals surface area contributed by atoms with Crippen molar-refractivity contribution in [3.8, 4) is 0 Å². The SMILES string of the molecule is OCC1(Nc2nc3ccc(Cl)cn3n2)CCOCC1. The van der Waals surface area contributed by atoms with Gasteiger partial charge in [0.05, 0.1) is 17.2 Å². The van der Waals surface area contributed by atoms with E-state index in [0.29, 0.717) is 29.8 Å². The van der Waals surface area contributed by atoms with Crippen LogP contribution in [0.4, 0.5) is 5.95 Å². The van der Waals surface area contributed by atoms with Crippen LogP contribution >= 0.6 is 11.6 Å². The summed E-state index contributed by atoms with van der Waals surface area (Å²) >= 11 is 5.91. The van der Waals surface area contributed by atoms with E-state index in [-0.39, 0.29) is 6.61 Å². The molecule has 3 rings (SSSR count). The van der Waals surface area contributed by atoms with Crippen LogP contribution in [0.15, 0.2) is 18.3 Å². The van der Waals surface area contributed by atoms with Crippen molar-refractivity contribution in [3.63, 3.8) is 0 Å². The summed E-state index contributed by atoms with van der Waals surface area (Å²) in [4.78, 5) is 4.37. The maximum Gasteiger partial charge on any atom is 0.243 e. The van der Waals surface area contributed by atoms with Crippen molar-refractivity contribution in [2.75, 3.05) is 25.1 Å². The van der Waals surface area contributed by atoms with Crippen molar-refractivity contribution in [1.82, 2.24) is 14.6 Å². The van der Waals surface area contributed by atoms with E-state index in [1.54, 1.807) is 22.8 Å². The van der Waals surface area contributed by atoms with Gasteiger partial charge in [-0.2, -0.15) is 4.98 Å². The second-order valence-corrected chi connectivity index (χ2v) is 5.20. The van der Waals surface area contributed by atoms with E-state index in [4.69, 9.17) is 16.3 Å². The lowest BCUT2D eigenvalue weighted by molar-refractivity contribution is 0.0377. The first-order valence-electron chi connectivity index (χ1n) is 6.20. The molecule has 102 valence electrons. The Morgan fingerprint density at radius 3 is 2.95 bits per heavy atom. The molecule has 1 aliphatic heterocycles. The molecule has 0 aliphatic carbocycles. The van der Waals surface area contributed by atoms with Crippen LogP contribution in [0, 0.1) is 0 Å². The molecule has 3 heterocycles. The normalized spacial score (nSPS) is 18.6. The van der Waals surface area contributed by atoms with Gasteiger partial charge in [0.1, 0.15) is 0 Å². The smallest absolute Gasteiger partial charge is 0.243 e. The lowest BCUT2D eigenvalue weighted by Gasteiger charge is -2.35. The number of hydrogen-bond acceptors (Lipinski definition) is 5. The average Bonchev–Trinajstić information content (AvgIpc) is 2.81. The zero-order chi connectivity index (χ0) is 13.3. The maximum atomic E-state index is 9.62. The molecule has 7 heteroatoms. The number of nitrogens with one attached hydrogen (secondary N) is 1. The van der Waals surface area contributed by atoms with E-state index >= 15 is 0 Å². The topological polar surface area (TPSA) is 71.7 Å². The van der Waals surface area contributed by atoms with Gasteiger partial charge in [-0.1, -0.05) is 11.6 Å². The third kappa shape index (κ3) is 2.51. The number of pyridine rings is 1. The van der Waals surface area contributed by atoms with Gasteiger partial charge >= 0.3 is 0 Å². The Morgan fingerprint density at radius 2 is 2.21 bits per heavy atom. The minimum absolute atomic E-state index is 0.0344. The van der Waals surface area contributed by atoms with Crippen LogP contribution in [-0.2, 0) is 4.74 Å². The standard InChI is InChI=1S/C12H15ClN4O2/c13-9-1-2-10-14-11(16-17(10)7-9)15-12(8-18)3-5-19-6-4-12/h1-2,7,18H,3-6,8H2,(H,15,16). The average molecular weight is 283 g/mol. The third-order valence-corrected chi connectivity index (χ3v) is 3.65. The predicted octanol–water partition coefficient (Wildman–Crippen LogP) is 1.34. The molecule has 2 aromatic rings. The summed E-state index contributed by atoms with van der Waals surface area (Å²) in [5, 5.41) is 17.8. The lowest BCUT2D eigenvalue weighted by atomic mass is 9.91. The summed E-state index contributed by atoms with van der Waals surface area (Å²) in [6.45, 7) is 1.30. The summed E-state index contributed by atoms with van der Waals surface area (Å²) in [5.74, 6) is 0.498. The number of rotatable bonds is 3. The molecule has 0 amide bonds. The highest BCUT2D eigenvalue weighted by Crippen LogP contribution is 2.24. The molecule has 0 bridgehead atoms. The largest absolute Gasteiger partial charge is 0.394 e. The van der Waals surface area contributed by atoms with E-state index in [9.17, 15) is 5.11 Å². The molecular weight excluding hydrogens is 268 g/mol. The molecule has 1 saturated heterocycles. The quantitative estimate of drug-likeness (QED) is 0.889. The van der Waals surface area contributed by atoms with Crippen LogP contribution < -0.4 is 5.32 Å². The molecule has 0 spiro atoms. The lowest BCUT2D eigenvalue weighted by Crippen LogP contribution is -2.47. The molecule has 1 aliphatic rings. The van der Waals surface area contributed by atoms with E-state index in [2.05, 4.69) is 15.4 Å². The zero-order valence-corrected chi connectivity index (χ0v) is 11.1. The Hall–Kier alpha value is -1.37. The van der Waals surface area contributed by atoms with Crippen LogP contribution in [0.25, 0.3) is 5.65 Å². The Labute approximate surface area is 115 Å². The molecular formula is C12H15ClN4O2. The van der Waals surface area contributed by atoms with Gasteiger partial charge in [0.2, 0.25) is 5.95 Å². The Kier molecular flexibility index (Phi) is 3.30. The maximum absolute atomic E-state index is 9.62. The predicted molar refractivity (Wildman–Crippen MR) is 71.5 cm³/mol. The van der Waals surface area contributed by atoms with Gasteiger partial charge in [-0.3, -0.25) is 0 Å². The number of anilines is 1. The number of aromatic nitrogens is 3. The summed E-state index contributed by atoms with van der Waals surface area (Å²) < 4.78 is 6.94. The van der Waals surface area contributed by atoms with Gasteiger partial charge in [0.25, 0.3) is 0 Å². The minimum Gasteiger partial charge on any atom is -0.394 e. The van der Waals surface area contributed by atoms with Crippen molar-refractivity contribution in [3.05, 3.63) is 23.4 Å². The number of aliphatic hydroxyl groups excluding tert-OH is 1. The molecule has 0 saturated carbocycles. The second kappa shape index (κ2) is 4.96.